The number of Topliss-reactive ketones (excluding diaryl/α,β-unsaturated/α-hetero) is 1. The number of likely N-dealkylation sites (tertiary alicyclic amines) is 1. The second-order valence-electron chi connectivity index (χ2n) is 8.52. The number of amides is 1. The van der Waals surface area contributed by atoms with E-state index in [1.807, 2.05) is 32.0 Å². The van der Waals surface area contributed by atoms with E-state index in [0.717, 1.165) is 17.5 Å². The normalized spacial score (nSPS) is 17.1. The van der Waals surface area contributed by atoms with Gasteiger partial charge in [-0.2, -0.15) is 0 Å². The molecule has 1 saturated heterocycles. The van der Waals surface area contributed by atoms with Crippen LogP contribution in [0.3, 0.4) is 0 Å². The van der Waals surface area contributed by atoms with E-state index in [2.05, 4.69) is 0 Å². The summed E-state index contributed by atoms with van der Waals surface area (Å²) in [6.45, 7) is 6.37. The maximum Gasteiger partial charge on any atom is 0.296 e. The smallest absolute Gasteiger partial charge is 0.296 e. The summed E-state index contributed by atoms with van der Waals surface area (Å²) in [5.74, 6) is 0.612. The van der Waals surface area contributed by atoms with Crippen LogP contribution in [0, 0.1) is 13.8 Å². The molecule has 1 atom stereocenters. The molecule has 7 nitrogen and oxygen atoms in total. The van der Waals surface area contributed by atoms with Gasteiger partial charge in [-0.05, 0) is 62.2 Å². The lowest BCUT2D eigenvalue weighted by Crippen LogP contribution is -2.29. The average Bonchev–Trinajstić information content (AvgIpc) is 3.39. The number of carbonyl (C=O) groups is 2. The Morgan fingerprint density at radius 2 is 1.83 bits per heavy atom. The van der Waals surface area contributed by atoms with Crippen LogP contribution >= 0.6 is 0 Å². The zero-order valence-corrected chi connectivity index (χ0v) is 20.3. The first kappa shape index (κ1) is 24.1. The molecule has 1 fully saturated rings. The molecule has 1 aromatic heterocycles. The minimum atomic E-state index is -0.884. The molecule has 0 saturated carbocycles. The topological polar surface area (TPSA) is 89.2 Å². The van der Waals surface area contributed by atoms with Crippen molar-refractivity contribution < 1.29 is 28.6 Å². The van der Waals surface area contributed by atoms with Gasteiger partial charge in [-0.15, -0.1) is 0 Å². The SMILES string of the molecule is CCCOc1ccc(/C(O)=C2\C(=O)C(=O)N(Cc3ccccc3OC)C2c2ccc(C)o2)cc1C. The van der Waals surface area contributed by atoms with Gasteiger partial charge in [0.05, 0.1) is 25.8 Å². The van der Waals surface area contributed by atoms with Crippen LogP contribution in [0.5, 0.6) is 11.5 Å². The number of aliphatic hydroxyl groups excluding tert-OH is 1. The maximum absolute atomic E-state index is 13.3. The minimum Gasteiger partial charge on any atom is -0.507 e. The Morgan fingerprint density at radius 1 is 1.06 bits per heavy atom. The summed E-state index contributed by atoms with van der Waals surface area (Å²) in [4.78, 5) is 27.9. The van der Waals surface area contributed by atoms with Crippen LogP contribution in [-0.2, 0) is 16.1 Å². The summed E-state index contributed by atoms with van der Waals surface area (Å²) in [5.41, 5.74) is 1.96. The van der Waals surface area contributed by atoms with Gasteiger partial charge >= 0.3 is 0 Å². The highest BCUT2D eigenvalue weighted by Crippen LogP contribution is 2.41. The van der Waals surface area contributed by atoms with Gasteiger partial charge in [0.25, 0.3) is 11.7 Å². The van der Waals surface area contributed by atoms with Crippen molar-refractivity contribution in [3.63, 3.8) is 0 Å². The monoisotopic (exact) mass is 475 g/mol. The number of aryl methyl sites for hydroxylation is 2. The van der Waals surface area contributed by atoms with Crippen molar-refractivity contribution >= 4 is 17.4 Å². The first-order valence-electron chi connectivity index (χ1n) is 11.6. The molecule has 2 aromatic carbocycles. The van der Waals surface area contributed by atoms with E-state index in [4.69, 9.17) is 13.9 Å². The summed E-state index contributed by atoms with van der Waals surface area (Å²) < 4.78 is 17.0. The zero-order valence-electron chi connectivity index (χ0n) is 20.3. The van der Waals surface area contributed by atoms with Gasteiger partial charge in [-0.25, -0.2) is 0 Å². The third-order valence-electron chi connectivity index (χ3n) is 6.01. The molecule has 1 N–H and O–H groups in total. The number of carbonyl (C=O) groups excluding carboxylic acids is 2. The first-order chi connectivity index (χ1) is 16.8. The van der Waals surface area contributed by atoms with E-state index < -0.39 is 17.7 Å². The molecule has 1 aliphatic heterocycles. The second-order valence-corrected chi connectivity index (χ2v) is 8.52. The Morgan fingerprint density at radius 3 is 2.49 bits per heavy atom. The number of methoxy groups -OCH3 is 1. The Kier molecular flexibility index (Phi) is 6.96. The molecule has 35 heavy (non-hydrogen) atoms. The molecule has 0 aliphatic carbocycles. The molecular weight excluding hydrogens is 446 g/mol. The van der Waals surface area contributed by atoms with Crippen molar-refractivity contribution in [3.8, 4) is 11.5 Å². The van der Waals surface area contributed by atoms with Gasteiger partial charge < -0.3 is 23.9 Å². The number of ether oxygens (including phenoxy) is 2. The number of para-hydroxylation sites is 1. The van der Waals surface area contributed by atoms with E-state index in [1.165, 1.54) is 4.90 Å². The summed E-state index contributed by atoms with van der Waals surface area (Å²) in [6, 6.07) is 15.1. The fourth-order valence-electron chi connectivity index (χ4n) is 4.28. The molecule has 182 valence electrons. The predicted octanol–water partition coefficient (Wildman–Crippen LogP) is 5.32. The van der Waals surface area contributed by atoms with Crippen LogP contribution in [0.1, 0.15) is 47.6 Å². The molecular formula is C28H29NO6. The van der Waals surface area contributed by atoms with E-state index in [1.54, 1.807) is 50.4 Å². The van der Waals surface area contributed by atoms with Gasteiger partial charge in [-0.1, -0.05) is 25.1 Å². The van der Waals surface area contributed by atoms with Gasteiger partial charge in [-0.3, -0.25) is 9.59 Å². The van der Waals surface area contributed by atoms with Gasteiger partial charge in [0.2, 0.25) is 0 Å². The highest BCUT2D eigenvalue weighted by Gasteiger charge is 2.47. The van der Waals surface area contributed by atoms with Crippen molar-refractivity contribution in [1.29, 1.82) is 0 Å². The highest BCUT2D eigenvalue weighted by molar-refractivity contribution is 6.46. The first-order valence-corrected chi connectivity index (χ1v) is 11.6. The molecule has 4 rings (SSSR count). The van der Waals surface area contributed by atoms with Gasteiger partial charge in [0, 0.05) is 11.1 Å². The van der Waals surface area contributed by atoms with Crippen molar-refractivity contribution in [2.45, 2.75) is 39.8 Å². The Labute approximate surface area is 204 Å². The van der Waals surface area contributed by atoms with Crippen LogP contribution in [0.2, 0.25) is 0 Å². The van der Waals surface area contributed by atoms with E-state index >= 15 is 0 Å². The fourth-order valence-corrected chi connectivity index (χ4v) is 4.28. The molecule has 0 bridgehead atoms. The number of furan rings is 1. The third kappa shape index (κ3) is 4.67. The largest absolute Gasteiger partial charge is 0.507 e. The molecule has 7 heteroatoms. The van der Waals surface area contributed by atoms with Gasteiger partial charge in [0.15, 0.2) is 0 Å². The standard InChI is InChI=1S/C28H29NO6/c1-5-14-34-21-13-11-19(15-17(21)2)26(30)24-25(23-12-10-18(3)35-23)29(28(32)27(24)31)16-20-8-6-7-9-22(20)33-4/h6-13,15,25,30H,5,14,16H2,1-4H3/b26-24+. The van der Waals surface area contributed by atoms with Crippen molar-refractivity contribution in [2.24, 2.45) is 0 Å². The number of aliphatic hydroxyl groups is 1. The van der Waals surface area contributed by atoms with Crippen LogP contribution in [0.4, 0.5) is 0 Å². The zero-order chi connectivity index (χ0) is 25.1. The maximum atomic E-state index is 13.3. The number of benzene rings is 2. The van der Waals surface area contributed by atoms with E-state index in [-0.39, 0.29) is 17.9 Å². The lowest BCUT2D eigenvalue weighted by atomic mass is 9.98. The Hall–Kier alpha value is -4.00. The molecule has 2 heterocycles. The Balaban J connectivity index is 1.80. The summed E-state index contributed by atoms with van der Waals surface area (Å²) >= 11 is 0. The highest BCUT2D eigenvalue weighted by atomic mass is 16.5. The molecule has 0 spiro atoms. The number of rotatable bonds is 8. The lowest BCUT2D eigenvalue weighted by Gasteiger charge is -2.24. The van der Waals surface area contributed by atoms with Crippen LogP contribution in [-0.4, -0.2) is 35.4 Å². The molecule has 1 unspecified atom stereocenters. The van der Waals surface area contributed by atoms with Crippen LogP contribution < -0.4 is 9.47 Å². The minimum absolute atomic E-state index is 0.0131. The van der Waals surface area contributed by atoms with E-state index in [9.17, 15) is 14.7 Å². The van der Waals surface area contributed by atoms with Crippen molar-refractivity contribution in [2.75, 3.05) is 13.7 Å². The molecule has 1 aliphatic rings. The number of hydrogen-bond donors (Lipinski definition) is 1. The van der Waals surface area contributed by atoms with Gasteiger partial charge in [0.1, 0.15) is 34.8 Å². The van der Waals surface area contributed by atoms with Crippen molar-refractivity contribution in [3.05, 3.63) is 88.4 Å². The number of hydrogen-bond acceptors (Lipinski definition) is 6. The quantitative estimate of drug-likeness (QED) is 0.270. The lowest BCUT2D eigenvalue weighted by molar-refractivity contribution is -0.140. The van der Waals surface area contributed by atoms with Crippen LogP contribution in [0.15, 0.2) is 64.6 Å². The Bertz CT molecular complexity index is 1290. The van der Waals surface area contributed by atoms with Crippen molar-refractivity contribution in [1.82, 2.24) is 4.90 Å². The number of ketones is 1. The molecule has 0 radical (unpaired) electrons. The predicted molar refractivity (Wildman–Crippen MR) is 131 cm³/mol. The fraction of sp³-hybridized carbons (Fsp3) is 0.286. The third-order valence-corrected chi connectivity index (χ3v) is 6.01. The molecule has 3 aromatic rings. The van der Waals surface area contributed by atoms with Crippen LogP contribution in [0.25, 0.3) is 5.76 Å². The second kappa shape index (κ2) is 10.1. The summed E-state index contributed by atoms with van der Waals surface area (Å²) in [6.07, 6.45) is 0.874. The summed E-state index contributed by atoms with van der Waals surface area (Å²) in [7, 11) is 1.55. The molecule has 1 amide bonds. The number of nitrogens with zero attached hydrogens (tertiary/aromatic N) is 1. The van der Waals surface area contributed by atoms with E-state index in [0.29, 0.717) is 35.2 Å². The summed E-state index contributed by atoms with van der Waals surface area (Å²) in [5, 5.41) is 11.3. The average molecular weight is 476 g/mol.